The van der Waals surface area contributed by atoms with Gasteiger partial charge in [0.15, 0.2) is 5.82 Å². The molecule has 2 aromatic rings. The monoisotopic (exact) mass is 274 g/mol. The number of nitrogens with one attached hydrogen (secondary N) is 2. The largest absolute Gasteiger partial charge is 0.366 e. The van der Waals surface area contributed by atoms with Crippen LogP contribution in [0.25, 0.3) is 0 Å². The number of carbonyl (C=O) groups excluding carboxylic acids is 1. The van der Waals surface area contributed by atoms with Crippen molar-refractivity contribution in [3.63, 3.8) is 0 Å². The van der Waals surface area contributed by atoms with Gasteiger partial charge in [-0.25, -0.2) is 8.78 Å². The highest BCUT2D eigenvalue weighted by molar-refractivity contribution is 6.06. The molecule has 20 heavy (non-hydrogen) atoms. The van der Waals surface area contributed by atoms with E-state index in [9.17, 15) is 13.6 Å². The van der Waals surface area contributed by atoms with Crippen molar-refractivity contribution in [2.24, 2.45) is 0 Å². The molecule has 2 aromatic carbocycles. The second-order valence-electron chi connectivity index (χ2n) is 4.88. The molecule has 1 aliphatic heterocycles. The summed E-state index contributed by atoms with van der Waals surface area (Å²) in [6.07, 6.45) is 0. The van der Waals surface area contributed by atoms with E-state index in [0.29, 0.717) is 5.56 Å². The van der Waals surface area contributed by atoms with Crippen molar-refractivity contribution in [1.29, 1.82) is 0 Å². The fraction of sp³-hybridized carbons (Fsp3) is 0.133. The van der Waals surface area contributed by atoms with E-state index in [1.54, 1.807) is 31.2 Å². The van der Waals surface area contributed by atoms with E-state index in [1.807, 2.05) is 6.07 Å². The predicted molar refractivity (Wildman–Crippen MR) is 72.4 cm³/mol. The van der Waals surface area contributed by atoms with Crippen molar-refractivity contribution in [1.82, 2.24) is 0 Å². The van der Waals surface area contributed by atoms with Crippen molar-refractivity contribution in [2.75, 3.05) is 10.6 Å². The number of carbonyl (C=O) groups is 1. The van der Waals surface area contributed by atoms with Crippen LogP contribution in [0.15, 0.2) is 42.5 Å². The maximum Gasteiger partial charge on any atom is 0.254 e. The third-order valence-electron chi connectivity index (χ3n) is 3.48. The standard InChI is InChI=1S/C15H12F2N2O/c1-15(9-5-3-2-4-6-9)14(20)18-13-11(17)7-10(16)8-12(13)19-15/h2-8,19H,1H3,(H,18,20). The van der Waals surface area contributed by atoms with Gasteiger partial charge in [0.1, 0.15) is 17.0 Å². The molecule has 1 heterocycles. The third-order valence-corrected chi connectivity index (χ3v) is 3.48. The van der Waals surface area contributed by atoms with Crippen LogP contribution in [0.3, 0.4) is 0 Å². The summed E-state index contributed by atoms with van der Waals surface area (Å²) in [5.41, 5.74) is -0.153. The van der Waals surface area contributed by atoms with Crippen LogP contribution in [0.4, 0.5) is 20.2 Å². The number of rotatable bonds is 1. The first-order chi connectivity index (χ1) is 9.50. The lowest BCUT2D eigenvalue weighted by atomic mass is 9.88. The first kappa shape index (κ1) is 12.6. The Morgan fingerprint density at radius 1 is 1.10 bits per heavy atom. The molecule has 0 spiro atoms. The molecule has 2 N–H and O–H groups in total. The van der Waals surface area contributed by atoms with Crippen molar-refractivity contribution < 1.29 is 13.6 Å². The van der Waals surface area contributed by atoms with E-state index in [1.165, 1.54) is 6.07 Å². The summed E-state index contributed by atoms with van der Waals surface area (Å²) in [4.78, 5) is 12.3. The molecule has 0 saturated heterocycles. The Kier molecular flexibility index (Phi) is 2.71. The quantitative estimate of drug-likeness (QED) is 0.838. The highest BCUT2D eigenvalue weighted by atomic mass is 19.1. The SMILES string of the molecule is CC1(c2ccccc2)Nc2cc(F)cc(F)c2NC1=O. The maximum atomic E-state index is 13.7. The fourth-order valence-corrected chi connectivity index (χ4v) is 2.34. The summed E-state index contributed by atoms with van der Waals surface area (Å²) in [7, 11) is 0. The van der Waals surface area contributed by atoms with Crippen molar-refractivity contribution in [3.8, 4) is 0 Å². The summed E-state index contributed by atoms with van der Waals surface area (Å²) in [5.74, 6) is -1.88. The molecule has 102 valence electrons. The lowest BCUT2D eigenvalue weighted by Crippen LogP contribution is -2.47. The van der Waals surface area contributed by atoms with Crippen LogP contribution in [0.2, 0.25) is 0 Å². The second kappa shape index (κ2) is 4.30. The first-order valence-corrected chi connectivity index (χ1v) is 6.15. The summed E-state index contributed by atoms with van der Waals surface area (Å²) < 4.78 is 27.0. The van der Waals surface area contributed by atoms with Crippen molar-refractivity contribution in [3.05, 3.63) is 59.7 Å². The van der Waals surface area contributed by atoms with Gasteiger partial charge in [-0.15, -0.1) is 0 Å². The van der Waals surface area contributed by atoms with E-state index >= 15 is 0 Å². The van der Waals surface area contributed by atoms with Gasteiger partial charge in [0.2, 0.25) is 0 Å². The highest BCUT2D eigenvalue weighted by Crippen LogP contribution is 2.38. The molecule has 0 aliphatic carbocycles. The van der Waals surface area contributed by atoms with E-state index in [2.05, 4.69) is 10.6 Å². The van der Waals surface area contributed by atoms with Gasteiger partial charge in [-0.2, -0.15) is 0 Å². The van der Waals surface area contributed by atoms with Gasteiger partial charge in [-0.05, 0) is 18.6 Å². The number of amides is 1. The molecule has 1 aliphatic rings. The van der Waals surface area contributed by atoms with Crippen LogP contribution in [0, 0.1) is 11.6 Å². The lowest BCUT2D eigenvalue weighted by Gasteiger charge is -2.36. The van der Waals surface area contributed by atoms with Gasteiger partial charge >= 0.3 is 0 Å². The molecule has 3 rings (SSSR count). The average Bonchev–Trinajstić information content (AvgIpc) is 2.42. The molecule has 0 aromatic heterocycles. The fourth-order valence-electron chi connectivity index (χ4n) is 2.34. The zero-order chi connectivity index (χ0) is 14.3. The minimum atomic E-state index is -1.07. The summed E-state index contributed by atoms with van der Waals surface area (Å²) >= 11 is 0. The Labute approximate surface area is 114 Å². The number of hydrogen-bond donors (Lipinski definition) is 2. The highest BCUT2D eigenvalue weighted by Gasteiger charge is 2.40. The Hall–Kier alpha value is -2.43. The molecule has 0 radical (unpaired) electrons. The molecule has 0 fully saturated rings. The molecule has 5 heteroatoms. The van der Waals surface area contributed by atoms with E-state index < -0.39 is 17.2 Å². The number of halogens is 2. The zero-order valence-corrected chi connectivity index (χ0v) is 10.7. The van der Waals surface area contributed by atoms with E-state index in [-0.39, 0.29) is 17.3 Å². The van der Waals surface area contributed by atoms with Crippen LogP contribution in [-0.2, 0) is 10.3 Å². The van der Waals surface area contributed by atoms with Gasteiger partial charge < -0.3 is 10.6 Å². The second-order valence-corrected chi connectivity index (χ2v) is 4.88. The van der Waals surface area contributed by atoms with Crippen LogP contribution >= 0.6 is 0 Å². The Balaban J connectivity index is 2.11. The Morgan fingerprint density at radius 2 is 1.80 bits per heavy atom. The van der Waals surface area contributed by atoms with Crippen LogP contribution in [-0.4, -0.2) is 5.91 Å². The molecule has 1 atom stereocenters. The Morgan fingerprint density at radius 3 is 2.50 bits per heavy atom. The first-order valence-electron chi connectivity index (χ1n) is 6.15. The maximum absolute atomic E-state index is 13.7. The minimum absolute atomic E-state index is 0.0233. The molecular formula is C15H12F2N2O. The average molecular weight is 274 g/mol. The molecule has 1 amide bonds. The zero-order valence-electron chi connectivity index (χ0n) is 10.7. The summed E-state index contributed by atoms with van der Waals surface area (Å²) in [5, 5.41) is 5.43. The Bertz CT molecular complexity index is 688. The predicted octanol–water partition coefficient (Wildman–Crippen LogP) is 3.24. The van der Waals surface area contributed by atoms with Gasteiger partial charge in [0.05, 0.1) is 5.69 Å². The van der Waals surface area contributed by atoms with Gasteiger partial charge in [0, 0.05) is 6.07 Å². The molecule has 3 nitrogen and oxygen atoms in total. The summed E-state index contributed by atoms with van der Waals surface area (Å²) in [6.45, 7) is 1.67. The van der Waals surface area contributed by atoms with Crippen LogP contribution in [0.5, 0.6) is 0 Å². The number of anilines is 2. The van der Waals surface area contributed by atoms with Crippen LogP contribution < -0.4 is 10.6 Å². The number of fused-ring (bicyclic) bond motifs is 1. The molecule has 0 bridgehead atoms. The molecule has 0 saturated carbocycles. The smallest absolute Gasteiger partial charge is 0.254 e. The van der Waals surface area contributed by atoms with Crippen molar-refractivity contribution >= 4 is 17.3 Å². The summed E-state index contributed by atoms with van der Waals surface area (Å²) in [6, 6.07) is 10.9. The van der Waals surface area contributed by atoms with Gasteiger partial charge in [0.25, 0.3) is 5.91 Å². The topological polar surface area (TPSA) is 41.1 Å². The normalized spacial score (nSPS) is 20.9. The number of benzene rings is 2. The van der Waals surface area contributed by atoms with E-state index in [4.69, 9.17) is 0 Å². The third kappa shape index (κ3) is 1.82. The molecular weight excluding hydrogens is 262 g/mol. The van der Waals surface area contributed by atoms with Gasteiger partial charge in [-0.1, -0.05) is 30.3 Å². The van der Waals surface area contributed by atoms with Crippen molar-refractivity contribution in [2.45, 2.75) is 12.5 Å². The minimum Gasteiger partial charge on any atom is -0.366 e. The number of hydrogen-bond acceptors (Lipinski definition) is 2. The molecule has 1 unspecified atom stereocenters. The van der Waals surface area contributed by atoms with E-state index in [0.717, 1.165) is 6.07 Å². The van der Waals surface area contributed by atoms with Crippen LogP contribution in [0.1, 0.15) is 12.5 Å². The van der Waals surface area contributed by atoms with Gasteiger partial charge in [-0.3, -0.25) is 4.79 Å². The lowest BCUT2D eigenvalue weighted by molar-refractivity contribution is -0.120.